The van der Waals surface area contributed by atoms with Crippen molar-refractivity contribution in [3.05, 3.63) is 34.4 Å². The Bertz CT molecular complexity index is 600. The first-order valence-corrected chi connectivity index (χ1v) is 12.7. The van der Waals surface area contributed by atoms with Crippen molar-refractivity contribution in [3.8, 4) is 5.75 Å². The standard InChI is InChI=1S/C20H35NO6Si/c1-7-8-13-25-19(15-27-28(5,6)20(2,3)4)18(22)14-26-17-11-9-16(10-12-17)21(23)24/h9-12,18-19,22H,7-8,13-15H2,1-6H3/t18-,19+/m1/s1. The summed E-state index contributed by atoms with van der Waals surface area (Å²) in [4.78, 5) is 10.2. The monoisotopic (exact) mass is 413 g/mol. The first kappa shape index (κ1) is 24.6. The second-order valence-corrected chi connectivity index (χ2v) is 13.3. The molecular weight excluding hydrogens is 378 g/mol. The average Bonchev–Trinajstić information content (AvgIpc) is 2.62. The van der Waals surface area contributed by atoms with E-state index in [1.807, 2.05) is 0 Å². The number of ether oxygens (including phenoxy) is 2. The molecule has 1 N–H and O–H groups in total. The molecule has 0 unspecified atom stereocenters. The van der Waals surface area contributed by atoms with Crippen LogP contribution in [0.5, 0.6) is 5.75 Å². The molecule has 0 aromatic heterocycles. The van der Waals surface area contributed by atoms with Crippen molar-refractivity contribution in [2.75, 3.05) is 19.8 Å². The molecule has 8 heteroatoms. The highest BCUT2D eigenvalue weighted by molar-refractivity contribution is 6.74. The van der Waals surface area contributed by atoms with E-state index in [1.165, 1.54) is 24.3 Å². The van der Waals surface area contributed by atoms with Crippen molar-refractivity contribution in [1.29, 1.82) is 0 Å². The van der Waals surface area contributed by atoms with Crippen LogP contribution in [0.4, 0.5) is 5.69 Å². The largest absolute Gasteiger partial charge is 0.491 e. The Hall–Kier alpha value is -1.48. The maximum atomic E-state index is 10.7. The Balaban J connectivity index is 2.67. The molecule has 160 valence electrons. The van der Waals surface area contributed by atoms with Gasteiger partial charge < -0.3 is 19.0 Å². The number of unbranched alkanes of at least 4 members (excludes halogenated alkanes) is 1. The van der Waals surface area contributed by atoms with Crippen LogP contribution in [0.15, 0.2) is 24.3 Å². The summed E-state index contributed by atoms with van der Waals surface area (Å²) in [6, 6.07) is 5.78. The fraction of sp³-hybridized carbons (Fsp3) is 0.700. The van der Waals surface area contributed by atoms with Crippen molar-refractivity contribution in [2.24, 2.45) is 0 Å². The third-order valence-electron chi connectivity index (χ3n) is 5.14. The Morgan fingerprint density at radius 2 is 1.79 bits per heavy atom. The number of rotatable bonds is 12. The molecule has 0 aliphatic carbocycles. The van der Waals surface area contributed by atoms with Crippen LogP contribution in [0, 0.1) is 10.1 Å². The van der Waals surface area contributed by atoms with E-state index in [1.54, 1.807) is 0 Å². The molecule has 0 radical (unpaired) electrons. The minimum absolute atomic E-state index is 0.00329. The van der Waals surface area contributed by atoms with Crippen molar-refractivity contribution in [1.82, 2.24) is 0 Å². The van der Waals surface area contributed by atoms with Crippen LogP contribution >= 0.6 is 0 Å². The number of aliphatic hydroxyl groups is 1. The number of hydrogen-bond acceptors (Lipinski definition) is 6. The molecule has 0 spiro atoms. The number of non-ortho nitro benzene ring substituents is 1. The molecule has 0 saturated heterocycles. The zero-order valence-electron chi connectivity index (χ0n) is 17.9. The van der Waals surface area contributed by atoms with Gasteiger partial charge in [0.15, 0.2) is 8.32 Å². The van der Waals surface area contributed by atoms with E-state index in [0.29, 0.717) is 19.0 Å². The summed E-state index contributed by atoms with van der Waals surface area (Å²) in [5, 5.41) is 21.4. The SMILES string of the molecule is CCCCO[C@@H](CO[Si](C)(C)C(C)(C)C)[C@H](O)COc1ccc([N+](=O)[O-])cc1. The van der Waals surface area contributed by atoms with Crippen LogP contribution in [0.1, 0.15) is 40.5 Å². The number of benzene rings is 1. The van der Waals surface area contributed by atoms with Gasteiger partial charge in [-0.1, -0.05) is 34.1 Å². The molecule has 0 aliphatic rings. The predicted molar refractivity (Wildman–Crippen MR) is 112 cm³/mol. The summed E-state index contributed by atoms with van der Waals surface area (Å²) < 4.78 is 17.7. The van der Waals surface area contributed by atoms with E-state index < -0.39 is 25.4 Å². The predicted octanol–water partition coefficient (Wildman–Crippen LogP) is 4.54. The molecule has 0 heterocycles. The van der Waals surface area contributed by atoms with Gasteiger partial charge in [0.1, 0.15) is 24.6 Å². The van der Waals surface area contributed by atoms with Crippen LogP contribution in [-0.2, 0) is 9.16 Å². The highest BCUT2D eigenvalue weighted by Crippen LogP contribution is 2.36. The van der Waals surface area contributed by atoms with Crippen LogP contribution in [0.25, 0.3) is 0 Å². The summed E-state index contributed by atoms with van der Waals surface area (Å²) in [5.41, 5.74) is -0.00329. The summed E-state index contributed by atoms with van der Waals surface area (Å²) >= 11 is 0. The van der Waals surface area contributed by atoms with Gasteiger partial charge in [0.05, 0.1) is 11.5 Å². The Kier molecular flexibility index (Phi) is 9.56. The first-order valence-electron chi connectivity index (χ1n) is 9.79. The zero-order chi connectivity index (χ0) is 21.4. The molecule has 2 atom stereocenters. The highest BCUT2D eigenvalue weighted by Gasteiger charge is 2.38. The summed E-state index contributed by atoms with van der Waals surface area (Å²) in [6.45, 7) is 13.8. The van der Waals surface area contributed by atoms with E-state index >= 15 is 0 Å². The van der Waals surface area contributed by atoms with Crippen molar-refractivity contribution in [2.45, 2.75) is 70.9 Å². The number of hydrogen-bond donors (Lipinski definition) is 1. The minimum Gasteiger partial charge on any atom is -0.491 e. The number of aliphatic hydroxyl groups excluding tert-OH is 1. The lowest BCUT2D eigenvalue weighted by Gasteiger charge is -2.37. The van der Waals surface area contributed by atoms with Crippen LogP contribution in [0.3, 0.4) is 0 Å². The van der Waals surface area contributed by atoms with E-state index in [-0.39, 0.29) is 17.3 Å². The zero-order valence-corrected chi connectivity index (χ0v) is 18.9. The second-order valence-electron chi connectivity index (χ2n) is 8.46. The quantitative estimate of drug-likeness (QED) is 0.234. The van der Waals surface area contributed by atoms with Gasteiger partial charge in [0.2, 0.25) is 0 Å². The van der Waals surface area contributed by atoms with Crippen molar-refractivity contribution < 1.29 is 23.9 Å². The molecule has 0 amide bonds. The fourth-order valence-electron chi connectivity index (χ4n) is 2.11. The molecule has 0 aliphatic heterocycles. The molecule has 7 nitrogen and oxygen atoms in total. The third kappa shape index (κ3) is 7.87. The van der Waals surface area contributed by atoms with Crippen molar-refractivity contribution >= 4 is 14.0 Å². The lowest BCUT2D eigenvalue weighted by molar-refractivity contribution is -0.384. The number of nitro groups is 1. The van der Waals surface area contributed by atoms with Gasteiger partial charge in [-0.2, -0.15) is 0 Å². The van der Waals surface area contributed by atoms with E-state index in [2.05, 4.69) is 40.8 Å². The van der Waals surface area contributed by atoms with Gasteiger partial charge in [-0.15, -0.1) is 0 Å². The van der Waals surface area contributed by atoms with Crippen LogP contribution < -0.4 is 4.74 Å². The molecule has 0 saturated carbocycles. The molecule has 0 fully saturated rings. The Labute approximate surface area is 169 Å². The molecule has 28 heavy (non-hydrogen) atoms. The molecule has 1 rings (SSSR count). The second kappa shape index (κ2) is 10.9. The van der Waals surface area contributed by atoms with Gasteiger partial charge >= 0.3 is 0 Å². The molecule has 1 aromatic rings. The lowest BCUT2D eigenvalue weighted by atomic mass is 10.2. The number of nitro benzene ring substituents is 1. The maximum absolute atomic E-state index is 10.7. The maximum Gasteiger partial charge on any atom is 0.269 e. The summed E-state index contributed by atoms with van der Waals surface area (Å²) in [7, 11) is -1.96. The summed E-state index contributed by atoms with van der Waals surface area (Å²) in [6.07, 6.45) is 0.563. The lowest BCUT2D eigenvalue weighted by Crippen LogP contribution is -2.46. The molecule has 1 aromatic carbocycles. The summed E-state index contributed by atoms with van der Waals surface area (Å²) in [5.74, 6) is 0.460. The Morgan fingerprint density at radius 3 is 2.29 bits per heavy atom. The number of nitrogens with zero attached hydrogens (tertiary/aromatic N) is 1. The first-order chi connectivity index (χ1) is 13.0. The Morgan fingerprint density at radius 1 is 1.18 bits per heavy atom. The van der Waals surface area contributed by atoms with Gasteiger partial charge in [-0.25, -0.2) is 0 Å². The van der Waals surface area contributed by atoms with Crippen LogP contribution in [0.2, 0.25) is 18.1 Å². The van der Waals surface area contributed by atoms with Gasteiger partial charge in [-0.05, 0) is 36.7 Å². The molecule has 0 bridgehead atoms. The van der Waals surface area contributed by atoms with Gasteiger partial charge in [0.25, 0.3) is 5.69 Å². The third-order valence-corrected chi connectivity index (χ3v) is 9.64. The molecular formula is C20H35NO6Si. The van der Waals surface area contributed by atoms with Gasteiger partial charge in [-0.3, -0.25) is 10.1 Å². The van der Waals surface area contributed by atoms with Gasteiger partial charge in [0, 0.05) is 18.7 Å². The van der Waals surface area contributed by atoms with Crippen molar-refractivity contribution in [3.63, 3.8) is 0 Å². The topological polar surface area (TPSA) is 91.1 Å². The van der Waals surface area contributed by atoms with E-state index in [9.17, 15) is 15.2 Å². The van der Waals surface area contributed by atoms with E-state index in [0.717, 1.165) is 12.8 Å². The minimum atomic E-state index is -1.96. The smallest absolute Gasteiger partial charge is 0.269 e. The normalized spacial score (nSPS) is 14.5. The highest BCUT2D eigenvalue weighted by atomic mass is 28.4. The fourth-order valence-corrected chi connectivity index (χ4v) is 3.12. The van der Waals surface area contributed by atoms with E-state index in [4.69, 9.17) is 13.9 Å². The van der Waals surface area contributed by atoms with Crippen LogP contribution in [-0.4, -0.2) is 50.4 Å². The average molecular weight is 414 g/mol.